The molecule has 0 atom stereocenters. The minimum atomic E-state index is 0. The van der Waals surface area contributed by atoms with E-state index in [4.69, 9.17) is 0 Å². The smallest absolute Gasteiger partial charge is 0.168 e. The Morgan fingerprint density at radius 1 is 0.357 bits per heavy atom. The van der Waals surface area contributed by atoms with Gasteiger partial charge in [0.2, 0.25) is 0 Å². The summed E-state index contributed by atoms with van der Waals surface area (Å²) in [6.07, 6.45) is 0. The molecule has 0 heterocycles. The molecule has 28 heavy (non-hydrogen) atoms. The second-order valence-electron chi connectivity index (χ2n) is 6.46. The van der Waals surface area contributed by atoms with Crippen LogP contribution in [0, 0.1) is 38.6 Å². The van der Waals surface area contributed by atoms with E-state index >= 15 is 0 Å². The van der Waals surface area contributed by atoms with E-state index in [1.807, 2.05) is 0 Å². The molecule has 0 bridgehead atoms. The topological polar surface area (TPSA) is 0 Å². The Bertz CT molecular complexity index is 985. The zero-order valence-electron chi connectivity index (χ0n) is 15.5. The maximum atomic E-state index is 2.12. The van der Waals surface area contributed by atoms with E-state index in [9.17, 15) is 0 Å². The molecule has 138 valence electrons. The summed E-state index contributed by atoms with van der Waals surface area (Å²) < 4.78 is 0. The SMILES string of the molecule is [Tb+3].c1ccc2[cH-]ccc2c1.c1ccc2[cH-]ccc2c1.c1ccc2[cH-]ccc2c1. The molecular formula is C27H21Tb. The molecule has 0 unspecified atom stereocenters. The zero-order chi connectivity index (χ0) is 18.3. The number of hydrogen-bond donors (Lipinski definition) is 0. The van der Waals surface area contributed by atoms with Gasteiger partial charge in [0, 0.05) is 0 Å². The van der Waals surface area contributed by atoms with E-state index in [0.717, 1.165) is 0 Å². The molecule has 6 aromatic rings. The minimum Gasteiger partial charge on any atom is -0.168 e. The van der Waals surface area contributed by atoms with Crippen molar-refractivity contribution in [1.29, 1.82) is 0 Å². The third kappa shape index (κ3) is 5.18. The Morgan fingerprint density at radius 2 is 0.643 bits per heavy atom. The van der Waals surface area contributed by atoms with E-state index in [1.54, 1.807) is 0 Å². The van der Waals surface area contributed by atoms with Crippen molar-refractivity contribution in [2.75, 3.05) is 0 Å². The van der Waals surface area contributed by atoms with Crippen molar-refractivity contribution in [3.05, 3.63) is 127 Å². The maximum Gasteiger partial charge on any atom is 3.00 e. The monoisotopic (exact) mass is 504 g/mol. The van der Waals surface area contributed by atoms with Crippen LogP contribution in [0.1, 0.15) is 0 Å². The summed E-state index contributed by atoms with van der Waals surface area (Å²) in [5.41, 5.74) is 0. The summed E-state index contributed by atoms with van der Waals surface area (Å²) >= 11 is 0. The van der Waals surface area contributed by atoms with Crippen molar-refractivity contribution in [3.63, 3.8) is 0 Å². The zero-order valence-corrected chi connectivity index (χ0v) is 17.6. The summed E-state index contributed by atoms with van der Waals surface area (Å²) in [4.78, 5) is 0. The van der Waals surface area contributed by atoms with Crippen LogP contribution >= 0.6 is 0 Å². The van der Waals surface area contributed by atoms with E-state index in [2.05, 4.69) is 127 Å². The predicted molar refractivity (Wildman–Crippen MR) is 119 cm³/mol. The molecule has 0 amide bonds. The molecule has 0 saturated carbocycles. The second kappa shape index (κ2) is 10.4. The molecule has 0 N–H and O–H groups in total. The van der Waals surface area contributed by atoms with Gasteiger partial charge in [0.1, 0.15) is 0 Å². The van der Waals surface area contributed by atoms with Crippen LogP contribution in [0.4, 0.5) is 0 Å². The van der Waals surface area contributed by atoms with Crippen LogP contribution in [-0.2, 0) is 0 Å². The average molecular weight is 504 g/mol. The van der Waals surface area contributed by atoms with Crippen LogP contribution in [0.2, 0.25) is 0 Å². The molecule has 0 saturated heterocycles. The predicted octanol–water partition coefficient (Wildman–Crippen LogP) is 7.68. The van der Waals surface area contributed by atoms with Gasteiger partial charge in [-0.2, -0.15) is 52.6 Å². The van der Waals surface area contributed by atoms with E-state index in [-0.39, 0.29) is 38.6 Å². The third-order valence-corrected chi connectivity index (χ3v) is 4.64. The molecule has 0 aliphatic heterocycles. The minimum absolute atomic E-state index is 0. The Morgan fingerprint density at radius 3 is 0.929 bits per heavy atom. The first-order chi connectivity index (χ1) is 13.4. The van der Waals surface area contributed by atoms with Crippen molar-refractivity contribution in [1.82, 2.24) is 0 Å². The van der Waals surface area contributed by atoms with Crippen LogP contribution in [0.5, 0.6) is 0 Å². The van der Waals surface area contributed by atoms with Gasteiger partial charge in [-0.05, 0) is 0 Å². The molecule has 0 spiro atoms. The molecule has 0 fully saturated rings. The Balaban J connectivity index is 0.000000118. The Kier molecular flexibility index (Phi) is 7.58. The van der Waals surface area contributed by atoms with Crippen LogP contribution in [0.15, 0.2) is 127 Å². The van der Waals surface area contributed by atoms with Gasteiger partial charge in [-0.25, -0.2) is 0 Å². The molecule has 6 aromatic carbocycles. The average Bonchev–Trinajstić information content (AvgIpc) is 3.48. The molecule has 0 aromatic heterocycles. The van der Waals surface area contributed by atoms with Crippen molar-refractivity contribution in [3.8, 4) is 0 Å². The van der Waals surface area contributed by atoms with Gasteiger partial charge >= 0.3 is 38.6 Å². The van der Waals surface area contributed by atoms with E-state index in [0.29, 0.717) is 0 Å². The van der Waals surface area contributed by atoms with Gasteiger partial charge < -0.3 is 0 Å². The number of hydrogen-bond acceptors (Lipinski definition) is 0. The fraction of sp³-hybridized carbons (Fsp3) is 0. The van der Waals surface area contributed by atoms with Crippen LogP contribution in [-0.4, -0.2) is 0 Å². The quantitative estimate of drug-likeness (QED) is 0.186. The standard InChI is InChI=1S/3C9H7.Tb/c3*1-2-5-9-7-3-6-8(9)4-1;/h3*1-7H;/q3*-1;+3. The van der Waals surface area contributed by atoms with Crippen molar-refractivity contribution in [2.45, 2.75) is 0 Å². The van der Waals surface area contributed by atoms with Gasteiger partial charge in [-0.1, -0.05) is 18.2 Å². The van der Waals surface area contributed by atoms with Crippen molar-refractivity contribution in [2.24, 2.45) is 0 Å². The summed E-state index contributed by atoms with van der Waals surface area (Å²) in [5.74, 6) is 0. The Labute approximate surface area is 197 Å². The molecule has 0 aliphatic rings. The first-order valence-corrected chi connectivity index (χ1v) is 9.21. The van der Waals surface area contributed by atoms with Gasteiger partial charge in [0.15, 0.2) is 0 Å². The molecule has 1 heteroatoms. The fourth-order valence-corrected chi connectivity index (χ4v) is 3.21. The first kappa shape index (κ1) is 20.5. The van der Waals surface area contributed by atoms with Crippen LogP contribution in [0.25, 0.3) is 32.3 Å². The fourth-order valence-electron chi connectivity index (χ4n) is 3.21. The van der Waals surface area contributed by atoms with E-state index < -0.39 is 0 Å². The summed E-state index contributed by atoms with van der Waals surface area (Å²) in [6.45, 7) is 0. The van der Waals surface area contributed by atoms with Gasteiger partial charge in [0.25, 0.3) is 0 Å². The molecular weight excluding hydrogens is 483 g/mol. The number of benzene rings is 3. The second-order valence-corrected chi connectivity index (χ2v) is 6.46. The number of rotatable bonds is 0. The number of fused-ring (bicyclic) bond motifs is 3. The summed E-state index contributed by atoms with van der Waals surface area (Å²) in [7, 11) is 0. The maximum absolute atomic E-state index is 2.12. The van der Waals surface area contributed by atoms with Crippen LogP contribution < -0.4 is 0 Å². The van der Waals surface area contributed by atoms with Gasteiger partial charge in [0.05, 0.1) is 0 Å². The summed E-state index contributed by atoms with van der Waals surface area (Å²) in [5, 5.41) is 7.99. The normalized spacial score (nSPS) is 9.86. The van der Waals surface area contributed by atoms with Crippen molar-refractivity contribution < 1.29 is 38.6 Å². The van der Waals surface area contributed by atoms with Crippen molar-refractivity contribution >= 4 is 32.3 Å². The van der Waals surface area contributed by atoms with E-state index in [1.165, 1.54) is 32.3 Å². The van der Waals surface area contributed by atoms with Crippen LogP contribution in [0.3, 0.4) is 0 Å². The Hall–Kier alpha value is -2.22. The van der Waals surface area contributed by atoms with Gasteiger partial charge in [-0.3, -0.25) is 0 Å². The van der Waals surface area contributed by atoms with Gasteiger partial charge in [-0.15, -0.1) is 89.0 Å². The molecule has 0 radical (unpaired) electrons. The molecule has 6 rings (SSSR count). The summed E-state index contributed by atoms with van der Waals surface area (Å²) in [6, 6.07) is 44.0. The molecule has 0 nitrogen and oxygen atoms in total. The third-order valence-electron chi connectivity index (χ3n) is 4.64. The molecule has 0 aliphatic carbocycles. The largest absolute Gasteiger partial charge is 3.00 e. The first-order valence-electron chi connectivity index (χ1n) is 9.21.